The van der Waals surface area contributed by atoms with Crippen LogP contribution >= 0.6 is 12.8 Å². The summed E-state index contributed by atoms with van der Waals surface area (Å²) in [6, 6.07) is 23.1. The number of carbonyl (C=O) groups excluding carboxylic acids is 2. The van der Waals surface area contributed by atoms with Crippen molar-refractivity contribution in [2.45, 2.75) is 13.0 Å². The molecule has 0 fully saturated rings. The second-order valence-corrected chi connectivity index (χ2v) is 7.79. The van der Waals surface area contributed by atoms with Gasteiger partial charge in [0.05, 0.1) is 28.5 Å². The molecule has 6 nitrogen and oxygen atoms in total. The Morgan fingerprint density at radius 3 is 2.39 bits per heavy atom. The van der Waals surface area contributed by atoms with E-state index in [1.165, 1.54) is 22.5 Å². The molecule has 0 saturated carbocycles. The maximum absolute atomic E-state index is 13.8. The van der Waals surface area contributed by atoms with Gasteiger partial charge in [-0.1, -0.05) is 49.2 Å². The van der Waals surface area contributed by atoms with E-state index in [4.69, 9.17) is 0 Å². The van der Waals surface area contributed by atoms with Crippen molar-refractivity contribution in [2.75, 3.05) is 9.62 Å². The summed E-state index contributed by atoms with van der Waals surface area (Å²) < 4.78 is 14.9. The molecule has 3 aromatic carbocycles. The van der Waals surface area contributed by atoms with Crippen molar-refractivity contribution in [3.63, 3.8) is 0 Å². The number of carbonyl (C=O) groups is 2. The van der Waals surface area contributed by atoms with Crippen LogP contribution in [0.2, 0.25) is 0 Å². The van der Waals surface area contributed by atoms with Crippen molar-refractivity contribution in [1.82, 2.24) is 10.3 Å². The van der Waals surface area contributed by atoms with Gasteiger partial charge >= 0.3 is 6.03 Å². The van der Waals surface area contributed by atoms with E-state index in [1.54, 1.807) is 30.3 Å². The van der Waals surface area contributed by atoms with Crippen LogP contribution in [0.15, 0.2) is 84.9 Å². The van der Waals surface area contributed by atoms with Gasteiger partial charge in [0.25, 0.3) is 5.91 Å². The summed E-state index contributed by atoms with van der Waals surface area (Å²) in [4.78, 5) is 29.5. The lowest BCUT2D eigenvalue weighted by molar-refractivity contribution is 0.102. The summed E-state index contributed by atoms with van der Waals surface area (Å²) in [5.74, 6) is -1.15. The van der Waals surface area contributed by atoms with Crippen molar-refractivity contribution in [3.05, 3.63) is 102 Å². The largest absolute Gasteiger partial charge is 0.332 e. The third kappa shape index (κ3) is 5.12. The Labute approximate surface area is 196 Å². The molecule has 0 saturated heterocycles. The summed E-state index contributed by atoms with van der Waals surface area (Å²) in [6.07, 6.45) is 0. The molecule has 1 unspecified atom stereocenters. The van der Waals surface area contributed by atoms with E-state index in [2.05, 4.69) is 28.4 Å². The van der Waals surface area contributed by atoms with E-state index >= 15 is 0 Å². The first-order chi connectivity index (χ1) is 15.9. The van der Waals surface area contributed by atoms with Crippen molar-refractivity contribution in [2.24, 2.45) is 0 Å². The number of para-hydroxylation sites is 1. The normalized spacial score (nSPS) is 11.6. The van der Waals surface area contributed by atoms with Gasteiger partial charge in [0, 0.05) is 11.1 Å². The van der Waals surface area contributed by atoms with Gasteiger partial charge in [-0.15, -0.1) is 0 Å². The Morgan fingerprint density at radius 1 is 0.939 bits per heavy atom. The number of anilines is 2. The topological polar surface area (TPSA) is 74.3 Å². The van der Waals surface area contributed by atoms with Gasteiger partial charge in [0.1, 0.15) is 5.82 Å². The molecule has 0 radical (unpaired) electrons. The molecule has 0 aliphatic heterocycles. The summed E-state index contributed by atoms with van der Waals surface area (Å²) in [7, 11) is 0. The van der Waals surface area contributed by atoms with Crippen LogP contribution in [0.5, 0.6) is 0 Å². The molecular formula is C25H21FN4O2S. The minimum atomic E-state index is -0.597. The SMILES string of the molecule is CC(NC(=O)N(S)c1ccc(NC(=O)c2ccccc2F)cc1)c1ccc2ccccc2n1. The Bertz CT molecular complexity index is 1310. The van der Waals surface area contributed by atoms with Gasteiger partial charge in [-0.2, -0.15) is 0 Å². The molecule has 0 bridgehead atoms. The van der Waals surface area contributed by atoms with Gasteiger partial charge in [-0.3, -0.25) is 9.78 Å². The Kier molecular flexibility index (Phi) is 6.55. The van der Waals surface area contributed by atoms with Crippen LogP contribution in [0, 0.1) is 5.82 Å². The molecule has 1 heterocycles. The zero-order valence-electron chi connectivity index (χ0n) is 17.7. The number of fused-ring (bicyclic) bond motifs is 1. The lowest BCUT2D eigenvalue weighted by Gasteiger charge is -2.20. The van der Waals surface area contributed by atoms with Crippen LogP contribution < -0.4 is 14.9 Å². The van der Waals surface area contributed by atoms with E-state index in [-0.39, 0.29) is 11.6 Å². The van der Waals surface area contributed by atoms with Crippen LogP contribution in [0.25, 0.3) is 10.9 Å². The summed E-state index contributed by atoms with van der Waals surface area (Å²) >= 11 is 4.30. The fourth-order valence-corrected chi connectivity index (χ4v) is 3.48. The summed E-state index contributed by atoms with van der Waals surface area (Å²) in [6.45, 7) is 1.85. The minimum absolute atomic E-state index is 0.0481. The third-order valence-corrected chi connectivity index (χ3v) is 5.50. The maximum Gasteiger partial charge on any atom is 0.332 e. The number of aromatic nitrogens is 1. The highest BCUT2D eigenvalue weighted by Gasteiger charge is 2.17. The molecule has 3 amide bonds. The maximum atomic E-state index is 13.8. The number of hydrogen-bond acceptors (Lipinski definition) is 4. The van der Waals surface area contributed by atoms with Crippen LogP contribution in [-0.4, -0.2) is 16.9 Å². The van der Waals surface area contributed by atoms with Gasteiger partial charge in [0.15, 0.2) is 0 Å². The minimum Gasteiger partial charge on any atom is -0.329 e. The molecular weight excluding hydrogens is 439 g/mol. The Morgan fingerprint density at radius 2 is 1.64 bits per heavy atom. The predicted molar refractivity (Wildman–Crippen MR) is 131 cm³/mol. The molecule has 0 aliphatic rings. The number of nitrogens with zero attached hydrogens (tertiary/aromatic N) is 2. The van der Waals surface area contributed by atoms with Gasteiger partial charge in [-0.25, -0.2) is 13.5 Å². The lowest BCUT2D eigenvalue weighted by atomic mass is 10.1. The number of thiol groups is 1. The van der Waals surface area contributed by atoms with E-state index in [0.29, 0.717) is 11.4 Å². The number of hydrogen-bond donors (Lipinski definition) is 3. The van der Waals surface area contributed by atoms with Crippen molar-refractivity contribution >= 4 is 47.0 Å². The first kappa shape index (κ1) is 22.3. The molecule has 166 valence electrons. The molecule has 1 atom stereocenters. The highest BCUT2D eigenvalue weighted by molar-refractivity contribution is 7.82. The van der Waals surface area contributed by atoms with Gasteiger partial charge in [0.2, 0.25) is 0 Å². The molecule has 33 heavy (non-hydrogen) atoms. The van der Waals surface area contributed by atoms with Gasteiger partial charge < -0.3 is 10.6 Å². The summed E-state index contributed by atoms with van der Waals surface area (Å²) in [5.41, 5.74) is 2.50. The highest BCUT2D eigenvalue weighted by Crippen LogP contribution is 2.22. The number of urea groups is 1. The standard InChI is InChI=1S/C25H21FN4O2S/c1-16(22-15-10-17-6-2-5-9-23(17)29-22)27-25(32)30(33)19-13-11-18(12-14-19)28-24(31)20-7-3-4-8-21(20)26/h2-16,33H,1H3,(H,27,32)(H,28,31). The fourth-order valence-electron chi connectivity index (χ4n) is 3.29. The number of pyridine rings is 1. The van der Waals surface area contributed by atoms with Crippen LogP contribution in [0.4, 0.5) is 20.6 Å². The lowest BCUT2D eigenvalue weighted by Crippen LogP contribution is -2.36. The first-order valence-corrected chi connectivity index (χ1v) is 10.6. The van der Waals surface area contributed by atoms with E-state index < -0.39 is 17.8 Å². The average Bonchev–Trinajstić information content (AvgIpc) is 2.84. The van der Waals surface area contributed by atoms with Crippen molar-refractivity contribution in [3.8, 4) is 0 Å². The van der Waals surface area contributed by atoms with Crippen LogP contribution in [0.1, 0.15) is 29.0 Å². The number of rotatable bonds is 5. The van der Waals surface area contributed by atoms with Crippen molar-refractivity contribution < 1.29 is 14.0 Å². The average molecular weight is 461 g/mol. The highest BCUT2D eigenvalue weighted by atomic mass is 32.1. The van der Waals surface area contributed by atoms with E-state index in [9.17, 15) is 14.0 Å². The second kappa shape index (κ2) is 9.70. The number of nitrogens with one attached hydrogen (secondary N) is 2. The molecule has 0 aliphatic carbocycles. The molecule has 8 heteroatoms. The van der Waals surface area contributed by atoms with Crippen molar-refractivity contribution in [1.29, 1.82) is 0 Å². The number of amides is 3. The van der Waals surface area contributed by atoms with Crippen LogP contribution in [0.3, 0.4) is 0 Å². The summed E-state index contributed by atoms with van der Waals surface area (Å²) in [5, 5.41) is 6.53. The first-order valence-electron chi connectivity index (χ1n) is 10.2. The molecule has 0 spiro atoms. The second-order valence-electron chi connectivity index (χ2n) is 7.39. The molecule has 1 aromatic heterocycles. The van der Waals surface area contributed by atoms with Crippen LogP contribution in [-0.2, 0) is 0 Å². The Balaban J connectivity index is 1.39. The predicted octanol–water partition coefficient (Wildman–Crippen LogP) is 5.75. The quantitative estimate of drug-likeness (QED) is 0.332. The fraction of sp³-hybridized carbons (Fsp3) is 0.0800. The van der Waals surface area contributed by atoms with E-state index in [0.717, 1.165) is 16.6 Å². The zero-order valence-corrected chi connectivity index (χ0v) is 18.6. The molecule has 2 N–H and O–H groups in total. The van der Waals surface area contributed by atoms with E-state index in [1.807, 2.05) is 43.3 Å². The smallest absolute Gasteiger partial charge is 0.329 e. The Hall–Kier alpha value is -3.91. The molecule has 4 rings (SSSR count). The number of benzene rings is 3. The number of halogens is 1. The molecule has 4 aromatic rings. The van der Waals surface area contributed by atoms with Gasteiger partial charge in [-0.05, 0) is 55.5 Å². The monoisotopic (exact) mass is 460 g/mol. The zero-order chi connectivity index (χ0) is 23.4. The third-order valence-electron chi connectivity index (χ3n) is 5.08.